The molecule has 4 amide bonds. The summed E-state index contributed by atoms with van der Waals surface area (Å²) in [4.78, 5) is 42.6. The van der Waals surface area contributed by atoms with Gasteiger partial charge in [-0.15, -0.1) is 11.3 Å². The Hall–Kier alpha value is -1.76. The largest absolute Gasteiger partial charge is 0.331 e. The third-order valence-electron chi connectivity index (χ3n) is 4.19. The third kappa shape index (κ3) is 2.16. The molecule has 0 bridgehead atoms. The summed E-state index contributed by atoms with van der Waals surface area (Å²) in [5.74, 6) is -0.949. The number of imide groups is 2. The molecule has 7 heteroatoms. The van der Waals surface area contributed by atoms with Crippen LogP contribution >= 0.6 is 11.3 Å². The molecule has 0 saturated carbocycles. The Morgan fingerprint density at radius 2 is 1.90 bits per heavy atom. The van der Waals surface area contributed by atoms with E-state index < -0.39 is 28.8 Å². The van der Waals surface area contributed by atoms with E-state index in [2.05, 4.69) is 10.3 Å². The molecule has 1 aliphatic rings. The van der Waals surface area contributed by atoms with Crippen LogP contribution in [-0.2, 0) is 15.1 Å². The maximum absolute atomic E-state index is 12.9. The summed E-state index contributed by atoms with van der Waals surface area (Å²) < 4.78 is 0. The van der Waals surface area contributed by atoms with Crippen molar-refractivity contribution in [3.8, 4) is 0 Å². The molecule has 0 aliphatic carbocycles. The molecular formula is C14H19N3O3S. The maximum Gasteiger partial charge on any atom is 0.331 e. The molecule has 1 N–H and O–H groups in total. The molecule has 2 heterocycles. The fourth-order valence-corrected chi connectivity index (χ4v) is 3.43. The van der Waals surface area contributed by atoms with Crippen LogP contribution in [-0.4, -0.2) is 27.7 Å². The fourth-order valence-electron chi connectivity index (χ4n) is 2.68. The van der Waals surface area contributed by atoms with E-state index in [4.69, 9.17) is 0 Å². The van der Waals surface area contributed by atoms with Gasteiger partial charge in [-0.1, -0.05) is 13.8 Å². The predicted octanol–water partition coefficient (Wildman–Crippen LogP) is 2.26. The number of nitrogens with one attached hydrogen (secondary N) is 1. The first-order valence-corrected chi connectivity index (χ1v) is 7.79. The number of hydrogen-bond donors (Lipinski definition) is 1. The molecule has 1 aliphatic heterocycles. The molecule has 0 radical (unpaired) electrons. The van der Waals surface area contributed by atoms with E-state index in [1.165, 1.54) is 11.3 Å². The number of rotatable bonds is 4. The lowest BCUT2D eigenvalue weighted by molar-refractivity contribution is -0.155. The number of aromatic nitrogens is 1. The van der Waals surface area contributed by atoms with Crippen molar-refractivity contribution in [2.75, 3.05) is 0 Å². The van der Waals surface area contributed by atoms with Crippen molar-refractivity contribution in [1.29, 1.82) is 0 Å². The molecule has 1 saturated heterocycles. The van der Waals surface area contributed by atoms with Gasteiger partial charge in [-0.25, -0.2) is 9.78 Å². The van der Waals surface area contributed by atoms with Crippen LogP contribution in [0.3, 0.4) is 0 Å². The standard InChI is InChI=1S/C14H19N3O3S/c1-5-14(6-2)9(18)16-12(20)17(11(14)19)13(3,4)10-15-7-8-21-10/h7-8H,5-6H2,1-4H3,(H,16,18,20). The van der Waals surface area contributed by atoms with E-state index in [0.717, 1.165) is 4.90 Å². The molecule has 21 heavy (non-hydrogen) atoms. The lowest BCUT2D eigenvalue weighted by atomic mass is 9.77. The van der Waals surface area contributed by atoms with Crippen LogP contribution < -0.4 is 5.32 Å². The summed E-state index contributed by atoms with van der Waals surface area (Å²) in [5.41, 5.74) is -2.08. The van der Waals surface area contributed by atoms with Crippen LogP contribution in [0.2, 0.25) is 0 Å². The Balaban J connectivity index is 2.50. The second kappa shape index (κ2) is 5.22. The second-order valence-electron chi connectivity index (χ2n) is 5.59. The van der Waals surface area contributed by atoms with Gasteiger partial charge in [0.2, 0.25) is 11.8 Å². The molecule has 1 fully saturated rings. The van der Waals surface area contributed by atoms with Gasteiger partial charge >= 0.3 is 6.03 Å². The number of urea groups is 1. The van der Waals surface area contributed by atoms with E-state index >= 15 is 0 Å². The van der Waals surface area contributed by atoms with Gasteiger partial charge in [0.05, 0.1) is 5.54 Å². The molecule has 0 unspecified atom stereocenters. The quantitative estimate of drug-likeness (QED) is 0.865. The van der Waals surface area contributed by atoms with Gasteiger partial charge in [0.15, 0.2) is 0 Å². The predicted molar refractivity (Wildman–Crippen MR) is 78.5 cm³/mol. The smallest absolute Gasteiger partial charge is 0.277 e. The fraction of sp³-hybridized carbons (Fsp3) is 0.571. The van der Waals surface area contributed by atoms with E-state index in [1.807, 2.05) is 0 Å². The van der Waals surface area contributed by atoms with Crippen LogP contribution in [0.4, 0.5) is 4.79 Å². The number of amides is 4. The topological polar surface area (TPSA) is 79.4 Å². The third-order valence-corrected chi connectivity index (χ3v) is 5.28. The molecule has 0 atom stereocenters. The highest BCUT2D eigenvalue weighted by atomic mass is 32.1. The highest BCUT2D eigenvalue weighted by Crippen LogP contribution is 2.39. The van der Waals surface area contributed by atoms with Crippen LogP contribution in [0, 0.1) is 5.41 Å². The van der Waals surface area contributed by atoms with Crippen LogP contribution in [0.5, 0.6) is 0 Å². The molecule has 114 valence electrons. The monoisotopic (exact) mass is 309 g/mol. The summed E-state index contributed by atoms with van der Waals surface area (Å²) >= 11 is 1.37. The van der Waals surface area contributed by atoms with Crippen molar-refractivity contribution in [3.05, 3.63) is 16.6 Å². The minimum Gasteiger partial charge on any atom is -0.277 e. The Morgan fingerprint density at radius 3 is 2.38 bits per heavy atom. The number of carbonyl (C=O) groups is 3. The van der Waals surface area contributed by atoms with E-state index in [0.29, 0.717) is 17.8 Å². The van der Waals surface area contributed by atoms with Crippen LogP contribution in [0.1, 0.15) is 45.5 Å². The Kier molecular flexibility index (Phi) is 3.88. The first-order valence-electron chi connectivity index (χ1n) is 6.91. The lowest BCUT2D eigenvalue weighted by Crippen LogP contribution is -2.67. The van der Waals surface area contributed by atoms with Gasteiger partial charge < -0.3 is 0 Å². The van der Waals surface area contributed by atoms with Crippen molar-refractivity contribution < 1.29 is 14.4 Å². The number of barbiturate groups is 1. The van der Waals surface area contributed by atoms with E-state index in [1.54, 1.807) is 39.3 Å². The first-order chi connectivity index (χ1) is 9.81. The van der Waals surface area contributed by atoms with E-state index in [9.17, 15) is 14.4 Å². The summed E-state index contributed by atoms with van der Waals surface area (Å²) in [7, 11) is 0. The van der Waals surface area contributed by atoms with Gasteiger partial charge in [-0.2, -0.15) is 0 Å². The van der Waals surface area contributed by atoms with E-state index in [-0.39, 0.29) is 0 Å². The zero-order valence-corrected chi connectivity index (χ0v) is 13.4. The minimum absolute atomic E-state index is 0.353. The molecular weight excluding hydrogens is 290 g/mol. The van der Waals surface area contributed by atoms with Crippen molar-refractivity contribution in [2.24, 2.45) is 5.41 Å². The van der Waals surface area contributed by atoms with Gasteiger partial charge in [0, 0.05) is 11.6 Å². The number of nitrogens with zero attached hydrogens (tertiary/aromatic N) is 2. The Bertz CT molecular complexity index is 576. The summed E-state index contributed by atoms with van der Waals surface area (Å²) in [6.45, 7) is 7.08. The molecule has 6 nitrogen and oxygen atoms in total. The van der Waals surface area contributed by atoms with Gasteiger partial charge in [0.25, 0.3) is 0 Å². The first kappa shape index (κ1) is 15.6. The lowest BCUT2D eigenvalue weighted by Gasteiger charge is -2.44. The molecule has 1 aromatic heterocycles. The number of hydrogen-bond acceptors (Lipinski definition) is 5. The van der Waals surface area contributed by atoms with Crippen LogP contribution in [0.15, 0.2) is 11.6 Å². The molecule has 2 rings (SSSR count). The van der Waals surface area contributed by atoms with Gasteiger partial charge in [-0.3, -0.25) is 19.8 Å². The highest BCUT2D eigenvalue weighted by molar-refractivity contribution is 7.09. The van der Waals surface area contributed by atoms with Gasteiger partial charge in [0.1, 0.15) is 10.4 Å². The second-order valence-corrected chi connectivity index (χ2v) is 6.48. The highest BCUT2D eigenvalue weighted by Gasteiger charge is 2.55. The van der Waals surface area contributed by atoms with Crippen molar-refractivity contribution in [3.63, 3.8) is 0 Å². The van der Waals surface area contributed by atoms with Gasteiger partial charge in [-0.05, 0) is 26.7 Å². The Morgan fingerprint density at radius 1 is 1.29 bits per heavy atom. The average molecular weight is 309 g/mol. The SMILES string of the molecule is CCC1(CC)C(=O)NC(=O)N(C(C)(C)c2nccs2)C1=O. The molecule has 0 spiro atoms. The van der Waals surface area contributed by atoms with Crippen molar-refractivity contribution >= 4 is 29.2 Å². The minimum atomic E-state index is -1.18. The summed E-state index contributed by atoms with van der Waals surface area (Å²) in [5, 5.41) is 4.77. The Labute approximate surface area is 127 Å². The van der Waals surface area contributed by atoms with Crippen molar-refractivity contribution in [1.82, 2.24) is 15.2 Å². The van der Waals surface area contributed by atoms with Crippen molar-refractivity contribution in [2.45, 2.75) is 46.1 Å². The summed E-state index contributed by atoms with van der Waals surface area (Å²) in [6.07, 6.45) is 2.34. The summed E-state index contributed by atoms with van der Waals surface area (Å²) in [6, 6.07) is -0.678. The van der Waals surface area contributed by atoms with Crippen LogP contribution in [0.25, 0.3) is 0 Å². The maximum atomic E-state index is 12.9. The average Bonchev–Trinajstić information content (AvgIpc) is 2.94. The molecule has 0 aromatic carbocycles. The number of carbonyl (C=O) groups excluding carboxylic acids is 3. The number of thiazole rings is 1. The zero-order valence-electron chi connectivity index (χ0n) is 12.6. The molecule has 1 aromatic rings. The normalized spacial score (nSPS) is 18.9. The zero-order chi connectivity index (χ0) is 15.8.